The minimum absolute atomic E-state index is 0.0564. The first kappa shape index (κ1) is 19.6. The molecule has 0 aliphatic carbocycles. The molecule has 1 fully saturated rings. The van der Waals surface area contributed by atoms with Crippen molar-refractivity contribution >= 4 is 23.4 Å². The first-order chi connectivity index (χ1) is 14.2. The van der Waals surface area contributed by atoms with Crippen molar-refractivity contribution < 1.29 is 4.79 Å². The molecule has 0 bridgehead atoms. The molecule has 1 unspecified atom stereocenters. The van der Waals surface area contributed by atoms with Gasteiger partial charge in [-0.15, -0.1) is 16.9 Å². The fourth-order valence-electron chi connectivity index (χ4n) is 3.69. The highest BCUT2D eigenvalue weighted by Gasteiger charge is 2.28. The summed E-state index contributed by atoms with van der Waals surface area (Å²) in [5.74, 6) is 0.0564. The third kappa shape index (κ3) is 4.83. The van der Waals surface area contributed by atoms with E-state index in [0.29, 0.717) is 0 Å². The van der Waals surface area contributed by atoms with Gasteiger partial charge in [-0.2, -0.15) is 0 Å². The second-order valence-corrected chi connectivity index (χ2v) is 8.00. The van der Waals surface area contributed by atoms with Crippen molar-refractivity contribution in [2.75, 3.05) is 18.1 Å². The average molecular weight is 409 g/mol. The first-order valence-electron chi connectivity index (χ1n) is 9.74. The number of carbonyl (C=O) groups is 1. The number of anilines is 1. The SMILES string of the molecule is CSc1cccc(CN2CCCCC2C(=O)Nc2ccc(-n3cnnn3)cc2)c1. The van der Waals surface area contributed by atoms with Crippen molar-refractivity contribution in [2.45, 2.75) is 36.7 Å². The quantitative estimate of drug-likeness (QED) is 0.630. The van der Waals surface area contributed by atoms with E-state index in [4.69, 9.17) is 0 Å². The maximum absolute atomic E-state index is 13.0. The van der Waals surface area contributed by atoms with E-state index in [-0.39, 0.29) is 11.9 Å². The van der Waals surface area contributed by atoms with Crippen LogP contribution in [-0.2, 0) is 11.3 Å². The van der Waals surface area contributed by atoms with Gasteiger partial charge in [-0.1, -0.05) is 18.6 Å². The Hall–Kier alpha value is -2.71. The molecule has 1 atom stereocenters. The van der Waals surface area contributed by atoms with Gasteiger partial charge in [0.15, 0.2) is 0 Å². The van der Waals surface area contributed by atoms with E-state index in [1.807, 2.05) is 24.3 Å². The summed E-state index contributed by atoms with van der Waals surface area (Å²) in [7, 11) is 0. The van der Waals surface area contributed by atoms with Gasteiger partial charge in [-0.3, -0.25) is 9.69 Å². The van der Waals surface area contributed by atoms with Crippen molar-refractivity contribution in [3.8, 4) is 5.69 Å². The molecule has 0 spiro atoms. The van der Waals surface area contributed by atoms with Crippen molar-refractivity contribution in [3.63, 3.8) is 0 Å². The molecule has 0 saturated carbocycles. The summed E-state index contributed by atoms with van der Waals surface area (Å²) in [6.07, 6.45) is 6.72. The van der Waals surface area contributed by atoms with Gasteiger partial charge in [0.25, 0.3) is 0 Å². The molecule has 2 aromatic carbocycles. The van der Waals surface area contributed by atoms with Crippen molar-refractivity contribution in [3.05, 3.63) is 60.4 Å². The predicted molar refractivity (Wildman–Crippen MR) is 114 cm³/mol. The Kier molecular flexibility index (Phi) is 6.21. The number of likely N-dealkylation sites (tertiary alicyclic amines) is 1. The molecular weight excluding hydrogens is 384 g/mol. The Morgan fingerprint density at radius 3 is 2.83 bits per heavy atom. The number of carbonyl (C=O) groups excluding carboxylic acids is 1. The van der Waals surface area contributed by atoms with E-state index in [9.17, 15) is 4.79 Å². The van der Waals surface area contributed by atoms with Gasteiger partial charge in [-0.25, -0.2) is 4.68 Å². The highest BCUT2D eigenvalue weighted by molar-refractivity contribution is 7.98. The van der Waals surface area contributed by atoms with Crippen LogP contribution in [0.5, 0.6) is 0 Å². The van der Waals surface area contributed by atoms with Gasteiger partial charge in [0.2, 0.25) is 5.91 Å². The topological polar surface area (TPSA) is 75.9 Å². The number of nitrogens with one attached hydrogen (secondary N) is 1. The predicted octanol–water partition coefficient (Wildman–Crippen LogP) is 3.38. The number of aromatic nitrogens is 4. The van der Waals surface area contributed by atoms with Gasteiger partial charge in [0.05, 0.1) is 11.7 Å². The number of hydrogen-bond donors (Lipinski definition) is 1. The Morgan fingerprint density at radius 2 is 2.07 bits per heavy atom. The van der Waals surface area contributed by atoms with E-state index in [1.54, 1.807) is 22.8 Å². The molecule has 7 nitrogen and oxygen atoms in total. The molecule has 3 aromatic rings. The van der Waals surface area contributed by atoms with Crippen molar-refractivity contribution in [1.29, 1.82) is 0 Å². The lowest BCUT2D eigenvalue weighted by atomic mass is 10.00. The zero-order valence-electron chi connectivity index (χ0n) is 16.4. The van der Waals surface area contributed by atoms with E-state index >= 15 is 0 Å². The van der Waals surface area contributed by atoms with Crippen LogP contribution in [-0.4, -0.2) is 49.9 Å². The van der Waals surface area contributed by atoms with Gasteiger partial charge in [0.1, 0.15) is 6.33 Å². The number of amides is 1. The van der Waals surface area contributed by atoms with Crippen LogP contribution in [0.15, 0.2) is 59.8 Å². The fraction of sp³-hybridized carbons (Fsp3) is 0.333. The van der Waals surface area contributed by atoms with Crippen LogP contribution in [0.25, 0.3) is 5.69 Å². The van der Waals surface area contributed by atoms with Crippen molar-refractivity contribution in [1.82, 2.24) is 25.1 Å². The number of hydrogen-bond acceptors (Lipinski definition) is 6. The minimum atomic E-state index is -0.110. The van der Waals surface area contributed by atoms with Gasteiger partial charge < -0.3 is 5.32 Å². The molecule has 1 aromatic heterocycles. The van der Waals surface area contributed by atoms with E-state index in [1.165, 1.54) is 10.5 Å². The molecule has 1 aliphatic heterocycles. The Balaban J connectivity index is 1.43. The Labute approximate surface area is 174 Å². The second kappa shape index (κ2) is 9.19. The number of tetrazole rings is 1. The molecule has 1 aliphatic rings. The molecule has 4 rings (SSSR count). The smallest absolute Gasteiger partial charge is 0.241 e. The maximum Gasteiger partial charge on any atom is 0.241 e. The van der Waals surface area contributed by atoms with Gasteiger partial charge in [-0.05, 0) is 78.0 Å². The normalized spacial score (nSPS) is 17.2. The third-order valence-electron chi connectivity index (χ3n) is 5.18. The van der Waals surface area contributed by atoms with Crippen molar-refractivity contribution in [2.24, 2.45) is 0 Å². The number of thioether (sulfide) groups is 1. The van der Waals surface area contributed by atoms with Crippen LogP contribution >= 0.6 is 11.8 Å². The average Bonchev–Trinajstić information content (AvgIpc) is 3.30. The van der Waals surface area contributed by atoms with Crippen LogP contribution in [0.4, 0.5) is 5.69 Å². The van der Waals surface area contributed by atoms with Crippen LogP contribution < -0.4 is 5.32 Å². The van der Waals surface area contributed by atoms with E-state index in [0.717, 1.165) is 43.7 Å². The lowest BCUT2D eigenvalue weighted by molar-refractivity contribution is -0.122. The summed E-state index contributed by atoms with van der Waals surface area (Å²) >= 11 is 1.74. The summed E-state index contributed by atoms with van der Waals surface area (Å²) in [6, 6.07) is 16.0. The van der Waals surface area contributed by atoms with Gasteiger partial charge >= 0.3 is 0 Å². The molecule has 8 heteroatoms. The van der Waals surface area contributed by atoms with E-state index in [2.05, 4.69) is 56.3 Å². The lowest BCUT2D eigenvalue weighted by Gasteiger charge is -2.34. The Morgan fingerprint density at radius 1 is 1.21 bits per heavy atom. The van der Waals surface area contributed by atoms with E-state index < -0.39 is 0 Å². The second-order valence-electron chi connectivity index (χ2n) is 7.12. The zero-order valence-corrected chi connectivity index (χ0v) is 17.2. The van der Waals surface area contributed by atoms with Gasteiger partial charge in [0, 0.05) is 17.1 Å². The van der Waals surface area contributed by atoms with Crippen LogP contribution in [0, 0.1) is 0 Å². The molecule has 2 heterocycles. The third-order valence-corrected chi connectivity index (χ3v) is 5.91. The fourth-order valence-corrected chi connectivity index (χ4v) is 4.17. The summed E-state index contributed by atoms with van der Waals surface area (Å²) in [5.41, 5.74) is 2.88. The highest BCUT2D eigenvalue weighted by atomic mass is 32.2. The Bertz CT molecular complexity index is 944. The summed E-state index contributed by atoms with van der Waals surface area (Å²) in [6.45, 7) is 1.74. The zero-order chi connectivity index (χ0) is 20.1. The van der Waals surface area contributed by atoms with Crippen LogP contribution in [0.3, 0.4) is 0 Å². The largest absolute Gasteiger partial charge is 0.325 e. The summed E-state index contributed by atoms with van der Waals surface area (Å²) in [5, 5.41) is 14.2. The lowest BCUT2D eigenvalue weighted by Crippen LogP contribution is -2.46. The number of nitrogens with zero attached hydrogens (tertiary/aromatic N) is 5. The molecule has 0 radical (unpaired) electrons. The maximum atomic E-state index is 13.0. The molecule has 1 saturated heterocycles. The molecule has 1 N–H and O–H groups in total. The summed E-state index contributed by atoms with van der Waals surface area (Å²) in [4.78, 5) is 16.6. The summed E-state index contributed by atoms with van der Waals surface area (Å²) < 4.78 is 1.58. The van der Waals surface area contributed by atoms with Crippen LogP contribution in [0.2, 0.25) is 0 Å². The number of benzene rings is 2. The number of rotatable bonds is 6. The molecular formula is C21H24N6OS. The minimum Gasteiger partial charge on any atom is -0.325 e. The highest BCUT2D eigenvalue weighted by Crippen LogP contribution is 2.23. The standard InChI is InChI=1S/C21H24N6OS/c1-29-19-6-4-5-16(13-19)14-26-12-3-2-7-20(26)21(28)23-17-8-10-18(11-9-17)27-15-22-24-25-27/h4-6,8-11,13,15,20H,2-3,7,12,14H2,1H3,(H,23,28). The van der Waals surface area contributed by atoms with Crippen LogP contribution in [0.1, 0.15) is 24.8 Å². The number of piperidine rings is 1. The molecule has 29 heavy (non-hydrogen) atoms. The molecule has 150 valence electrons. The monoisotopic (exact) mass is 408 g/mol. The first-order valence-corrected chi connectivity index (χ1v) is 11.0. The molecule has 1 amide bonds.